The molecular weight excluding hydrogens is 457 g/mol. The van der Waals surface area contributed by atoms with Crippen LogP contribution in [0.5, 0.6) is 0 Å². The smallest absolute Gasteiger partial charge is 0.372 e. The van der Waals surface area contributed by atoms with Gasteiger partial charge in [0.05, 0.1) is 23.1 Å². The summed E-state index contributed by atoms with van der Waals surface area (Å²) in [5.41, 5.74) is -1.10. The molecule has 2 aliphatic heterocycles. The van der Waals surface area contributed by atoms with Crippen molar-refractivity contribution in [3.8, 4) is 6.07 Å². The predicted octanol–water partition coefficient (Wildman–Crippen LogP) is 3.95. The molecule has 9 heteroatoms. The molecule has 0 spiro atoms. The van der Waals surface area contributed by atoms with Crippen LogP contribution in [0.4, 0.5) is 18.9 Å². The van der Waals surface area contributed by atoms with Crippen molar-refractivity contribution in [2.24, 2.45) is 23.2 Å². The van der Waals surface area contributed by atoms with E-state index in [2.05, 4.69) is 5.32 Å². The second kappa shape index (κ2) is 8.72. The third-order valence-electron chi connectivity index (χ3n) is 8.37. The van der Waals surface area contributed by atoms with E-state index in [0.29, 0.717) is 31.9 Å². The molecule has 0 bridgehead atoms. The van der Waals surface area contributed by atoms with E-state index in [0.717, 1.165) is 44.6 Å². The standard InChI is InChI=1S/C26H31F3N4O2/c1-25(8-9-25)24(35)33-14-20(21(15-33)23(34)31-18-3-4-18)16-6-10-32(11-7-16)19-5-2-17(13-30)22(12-19)26(27,28)29/h2,5,12,16,18,20-21H,3-4,6-11,14-15H2,1H3,(H,31,34)/t20-,21+/m0/s1. The number of amides is 2. The number of carbonyl (C=O) groups is 2. The van der Waals surface area contributed by atoms with Gasteiger partial charge in [0.1, 0.15) is 0 Å². The average Bonchev–Trinajstić information content (AvgIpc) is 3.76. The van der Waals surface area contributed by atoms with Gasteiger partial charge in [0, 0.05) is 43.3 Å². The van der Waals surface area contributed by atoms with Crippen molar-refractivity contribution < 1.29 is 22.8 Å². The highest BCUT2D eigenvalue weighted by Crippen LogP contribution is 2.48. The number of rotatable bonds is 5. The van der Waals surface area contributed by atoms with E-state index >= 15 is 0 Å². The second-order valence-electron chi connectivity index (χ2n) is 11.0. The van der Waals surface area contributed by atoms with Crippen molar-refractivity contribution in [1.29, 1.82) is 5.26 Å². The largest absolute Gasteiger partial charge is 0.417 e. The molecule has 2 heterocycles. The SMILES string of the molecule is CC1(C(=O)N2C[C@@H](C(=O)NC3CC3)[C@H](C3CCN(c4ccc(C#N)c(C(F)(F)F)c4)CC3)C2)CC1. The lowest BCUT2D eigenvalue weighted by molar-refractivity contribution is -0.138. The number of halogens is 3. The Hall–Kier alpha value is -2.76. The van der Waals surface area contributed by atoms with Gasteiger partial charge in [-0.05, 0) is 68.6 Å². The second-order valence-corrected chi connectivity index (χ2v) is 11.0. The number of alkyl halides is 3. The number of nitriles is 1. The van der Waals surface area contributed by atoms with Crippen LogP contribution >= 0.6 is 0 Å². The third kappa shape index (κ3) is 4.85. The zero-order valence-corrected chi connectivity index (χ0v) is 19.9. The van der Waals surface area contributed by atoms with Crippen LogP contribution in [0.3, 0.4) is 0 Å². The number of nitrogens with zero attached hydrogens (tertiary/aromatic N) is 3. The van der Waals surface area contributed by atoms with E-state index in [1.54, 1.807) is 12.1 Å². The fraction of sp³-hybridized carbons (Fsp3) is 0.654. The minimum absolute atomic E-state index is 0.0399. The molecule has 1 aromatic carbocycles. The van der Waals surface area contributed by atoms with Crippen molar-refractivity contribution in [2.75, 3.05) is 31.1 Å². The van der Waals surface area contributed by atoms with Crippen molar-refractivity contribution in [2.45, 2.75) is 57.7 Å². The highest BCUT2D eigenvalue weighted by atomic mass is 19.4. The molecule has 2 saturated carbocycles. The van der Waals surface area contributed by atoms with Gasteiger partial charge in [0.25, 0.3) is 0 Å². The van der Waals surface area contributed by atoms with E-state index in [1.165, 1.54) is 6.07 Å². The quantitative estimate of drug-likeness (QED) is 0.681. The zero-order chi connectivity index (χ0) is 25.0. The van der Waals surface area contributed by atoms with Crippen LogP contribution in [0.25, 0.3) is 0 Å². The van der Waals surface area contributed by atoms with Crippen molar-refractivity contribution in [3.05, 3.63) is 29.3 Å². The molecule has 0 radical (unpaired) electrons. The van der Waals surface area contributed by atoms with Gasteiger partial charge in [-0.2, -0.15) is 18.4 Å². The number of hydrogen-bond acceptors (Lipinski definition) is 4. The molecule has 0 aromatic heterocycles. The molecule has 1 N–H and O–H groups in total. The maximum absolute atomic E-state index is 13.4. The normalized spacial score (nSPS) is 26.4. The van der Waals surface area contributed by atoms with Gasteiger partial charge >= 0.3 is 6.18 Å². The minimum Gasteiger partial charge on any atom is -0.372 e. The molecule has 4 fully saturated rings. The molecule has 2 aliphatic carbocycles. The highest BCUT2D eigenvalue weighted by Gasteiger charge is 2.52. The topological polar surface area (TPSA) is 76.4 Å². The van der Waals surface area contributed by atoms with Crippen molar-refractivity contribution >= 4 is 17.5 Å². The van der Waals surface area contributed by atoms with E-state index in [4.69, 9.17) is 5.26 Å². The molecule has 0 unspecified atom stereocenters. The van der Waals surface area contributed by atoms with Gasteiger partial charge in [-0.3, -0.25) is 9.59 Å². The Morgan fingerprint density at radius 1 is 1.11 bits per heavy atom. The molecule has 2 amide bonds. The van der Waals surface area contributed by atoms with E-state index < -0.39 is 11.7 Å². The number of nitrogens with one attached hydrogen (secondary N) is 1. The van der Waals surface area contributed by atoms with Crippen LogP contribution < -0.4 is 10.2 Å². The molecule has 6 nitrogen and oxygen atoms in total. The van der Waals surface area contributed by atoms with Crippen LogP contribution in [-0.2, 0) is 15.8 Å². The summed E-state index contributed by atoms with van der Waals surface area (Å²) in [5.74, 6) is 0.252. The first kappa shape index (κ1) is 24.0. The van der Waals surface area contributed by atoms with Crippen LogP contribution in [0.1, 0.15) is 56.6 Å². The maximum atomic E-state index is 13.4. The average molecular weight is 489 g/mol. The molecule has 4 aliphatic rings. The van der Waals surface area contributed by atoms with Crippen molar-refractivity contribution in [3.63, 3.8) is 0 Å². The molecular formula is C26H31F3N4O2. The summed E-state index contributed by atoms with van der Waals surface area (Å²) in [6.07, 6.45) is 0.722. The summed E-state index contributed by atoms with van der Waals surface area (Å²) in [4.78, 5) is 29.9. The number of piperidine rings is 1. The predicted molar refractivity (Wildman–Crippen MR) is 123 cm³/mol. The monoisotopic (exact) mass is 488 g/mol. The summed E-state index contributed by atoms with van der Waals surface area (Å²) in [5, 5.41) is 12.2. The van der Waals surface area contributed by atoms with Gasteiger partial charge in [0.2, 0.25) is 11.8 Å². The summed E-state index contributed by atoms with van der Waals surface area (Å²) in [6.45, 7) is 4.19. The summed E-state index contributed by atoms with van der Waals surface area (Å²) in [7, 11) is 0. The molecule has 2 saturated heterocycles. The first-order valence-corrected chi connectivity index (χ1v) is 12.5. The fourth-order valence-corrected chi connectivity index (χ4v) is 5.72. The Bertz CT molecular complexity index is 1050. The Morgan fingerprint density at radius 3 is 2.37 bits per heavy atom. The molecule has 35 heavy (non-hydrogen) atoms. The molecule has 188 valence electrons. The zero-order valence-electron chi connectivity index (χ0n) is 19.9. The fourth-order valence-electron chi connectivity index (χ4n) is 5.72. The van der Waals surface area contributed by atoms with Gasteiger partial charge in [-0.1, -0.05) is 6.92 Å². The van der Waals surface area contributed by atoms with Crippen LogP contribution in [0.2, 0.25) is 0 Å². The lowest BCUT2D eigenvalue weighted by Crippen LogP contribution is -2.42. The van der Waals surface area contributed by atoms with Gasteiger partial charge in [-0.25, -0.2) is 0 Å². The Labute approximate surface area is 203 Å². The molecule has 1 aromatic rings. The number of carbonyl (C=O) groups excluding carboxylic acids is 2. The maximum Gasteiger partial charge on any atom is 0.417 e. The van der Waals surface area contributed by atoms with Crippen LogP contribution in [0, 0.1) is 34.5 Å². The van der Waals surface area contributed by atoms with Crippen LogP contribution in [-0.4, -0.2) is 48.9 Å². The number of hydrogen-bond donors (Lipinski definition) is 1. The summed E-state index contributed by atoms with van der Waals surface area (Å²) in [6, 6.07) is 5.77. The van der Waals surface area contributed by atoms with Crippen molar-refractivity contribution in [1.82, 2.24) is 10.2 Å². The highest BCUT2D eigenvalue weighted by molar-refractivity contribution is 5.87. The molecule has 5 rings (SSSR count). The lowest BCUT2D eigenvalue weighted by atomic mass is 9.78. The van der Waals surface area contributed by atoms with E-state index in [9.17, 15) is 22.8 Å². The molecule has 2 atom stereocenters. The third-order valence-corrected chi connectivity index (χ3v) is 8.37. The number of anilines is 1. The van der Waals surface area contributed by atoms with Gasteiger partial charge in [0.15, 0.2) is 0 Å². The van der Waals surface area contributed by atoms with E-state index in [1.807, 2.05) is 16.7 Å². The Kier molecular flexibility index (Phi) is 5.97. The van der Waals surface area contributed by atoms with Crippen LogP contribution in [0.15, 0.2) is 18.2 Å². The van der Waals surface area contributed by atoms with Gasteiger partial charge in [-0.15, -0.1) is 0 Å². The summed E-state index contributed by atoms with van der Waals surface area (Å²) < 4.78 is 40.2. The number of likely N-dealkylation sites (tertiary alicyclic amines) is 1. The first-order valence-electron chi connectivity index (χ1n) is 12.5. The minimum atomic E-state index is -4.58. The summed E-state index contributed by atoms with van der Waals surface area (Å²) >= 11 is 0. The Balaban J connectivity index is 1.28. The van der Waals surface area contributed by atoms with Gasteiger partial charge < -0.3 is 15.1 Å². The lowest BCUT2D eigenvalue weighted by Gasteiger charge is -2.37. The first-order chi connectivity index (χ1) is 16.6. The van der Waals surface area contributed by atoms with E-state index in [-0.39, 0.29) is 46.6 Å². The Morgan fingerprint density at radius 2 is 1.80 bits per heavy atom. The number of benzene rings is 1.